The van der Waals surface area contributed by atoms with E-state index in [4.69, 9.17) is 5.73 Å². The Kier molecular flexibility index (Phi) is 5.42. The second kappa shape index (κ2) is 7.29. The standard InChI is InChI=1S/C17H20N2OS/c1-12(13-8-10-15(21-2)11-9-13)19-17(20)16(18)14-6-4-3-5-7-14/h3-12,16H,18H2,1-2H3,(H,19,20). The Morgan fingerprint density at radius 3 is 2.24 bits per heavy atom. The Morgan fingerprint density at radius 1 is 1.05 bits per heavy atom. The van der Waals surface area contributed by atoms with Gasteiger partial charge in [0.1, 0.15) is 6.04 Å². The summed E-state index contributed by atoms with van der Waals surface area (Å²) in [4.78, 5) is 13.4. The van der Waals surface area contributed by atoms with Crippen molar-refractivity contribution in [1.82, 2.24) is 5.32 Å². The van der Waals surface area contributed by atoms with E-state index in [1.807, 2.05) is 55.6 Å². The summed E-state index contributed by atoms with van der Waals surface area (Å²) in [6, 6.07) is 16.9. The van der Waals surface area contributed by atoms with Crippen LogP contribution in [0.3, 0.4) is 0 Å². The van der Waals surface area contributed by atoms with Crippen molar-refractivity contribution in [1.29, 1.82) is 0 Å². The molecular formula is C17H20N2OS. The van der Waals surface area contributed by atoms with Crippen molar-refractivity contribution < 1.29 is 4.79 Å². The Hall–Kier alpha value is -1.78. The zero-order chi connectivity index (χ0) is 15.2. The van der Waals surface area contributed by atoms with E-state index in [1.165, 1.54) is 4.90 Å². The van der Waals surface area contributed by atoms with Gasteiger partial charge in [-0.3, -0.25) is 4.79 Å². The van der Waals surface area contributed by atoms with Crippen LogP contribution in [0, 0.1) is 0 Å². The van der Waals surface area contributed by atoms with Gasteiger partial charge in [-0.25, -0.2) is 0 Å². The van der Waals surface area contributed by atoms with Crippen LogP contribution < -0.4 is 11.1 Å². The van der Waals surface area contributed by atoms with Crippen LogP contribution in [0.25, 0.3) is 0 Å². The van der Waals surface area contributed by atoms with Crippen molar-refractivity contribution in [3.05, 3.63) is 65.7 Å². The second-order valence-corrected chi connectivity index (χ2v) is 5.77. The third-order valence-electron chi connectivity index (χ3n) is 3.42. The number of nitrogens with one attached hydrogen (secondary N) is 1. The van der Waals surface area contributed by atoms with Crippen LogP contribution >= 0.6 is 11.8 Å². The van der Waals surface area contributed by atoms with Gasteiger partial charge in [-0.1, -0.05) is 42.5 Å². The first kappa shape index (κ1) is 15.6. The second-order valence-electron chi connectivity index (χ2n) is 4.89. The van der Waals surface area contributed by atoms with Gasteiger partial charge < -0.3 is 11.1 Å². The van der Waals surface area contributed by atoms with Crippen LogP contribution in [0.1, 0.15) is 30.1 Å². The van der Waals surface area contributed by atoms with Gasteiger partial charge in [-0.15, -0.1) is 11.8 Å². The summed E-state index contributed by atoms with van der Waals surface area (Å²) in [6.07, 6.45) is 2.04. The van der Waals surface area contributed by atoms with Gasteiger partial charge in [0.15, 0.2) is 0 Å². The fourth-order valence-corrected chi connectivity index (χ4v) is 2.50. The quantitative estimate of drug-likeness (QED) is 0.833. The average molecular weight is 300 g/mol. The van der Waals surface area contributed by atoms with Crippen LogP contribution in [-0.2, 0) is 4.79 Å². The van der Waals surface area contributed by atoms with Crippen molar-refractivity contribution in [2.45, 2.75) is 23.9 Å². The van der Waals surface area contributed by atoms with Gasteiger partial charge >= 0.3 is 0 Å². The monoisotopic (exact) mass is 300 g/mol. The minimum atomic E-state index is -0.640. The third-order valence-corrected chi connectivity index (χ3v) is 4.16. The largest absolute Gasteiger partial charge is 0.348 e. The lowest BCUT2D eigenvalue weighted by Gasteiger charge is -2.18. The molecule has 0 bridgehead atoms. The first-order valence-corrected chi connectivity index (χ1v) is 8.09. The smallest absolute Gasteiger partial charge is 0.241 e. The Morgan fingerprint density at radius 2 is 1.67 bits per heavy atom. The van der Waals surface area contributed by atoms with Gasteiger partial charge in [0.05, 0.1) is 6.04 Å². The summed E-state index contributed by atoms with van der Waals surface area (Å²) in [5, 5.41) is 2.96. The molecule has 0 aromatic heterocycles. The van der Waals surface area contributed by atoms with Gasteiger partial charge in [-0.2, -0.15) is 0 Å². The van der Waals surface area contributed by atoms with Gasteiger partial charge in [0, 0.05) is 4.90 Å². The summed E-state index contributed by atoms with van der Waals surface area (Å²) in [6.45, 7) is 1.96. The van der Waals surface area contributed by atoms with E-state index in [9.17, 15) is 4.79 Å². The molecule has 110 valence electrons. The number of amides is 1. The highest BCUT2D eigenvalue weighted by Gasteiger charge is 2.18. The molecular weight excluding hydrogens is 280 g/mol. The van der Waals surface area contributed by atoms with Crippen LogP contribution in [0.2, 0.25) is 0 Å². The molecule has 0 spiro atoms. The maximum atomic E-state index is 12.2. The highest BCUT2D eigenvalue weighted by molar-refractivity contribution is 7.98. The Balaban J connectivity index is 2.01. The number of hydrogen-bond acceptors (Lipinski definition) is 3. The molecule has 4 heteroatoms. The molecule has 21 heavy (non-hydrogen) atoms. The number of rotatable bonds is 5. The predicted octanol–water partition coefficient (Wildman–Crippen LogP) is 3.29. The maximum absolute atomic E-state index is 12.2. The average Bonchev–Trinajstić information content (AvgIpc) is 2.55. The van der Waals surface area contributed by atoms with E-state index in [2.05, 4.69) is 17.4 Å². The molecule has 2 aromatic rings. The molecule has 3 N–H and O–H groups in total. The number of nitrogens with two attached hydrogens (primary N) is 1. The van der Waals surface area contributed by atoms with E-state index in [0.29, 0.717) is 0 Å². The van der Waals surface area contributed by atoms with Crippen molar-refractivity contribution in [3.63, 3.8) is 0 Å². The van der Waals surface area contributed by atoms with Crippen molar-refractivity contribution >= 4 is 17.7 Å². The number of carbonyl (C=O) groups is 1. The lowest BCUT2D eigenvalue weighted by molar-refractivity contribution is -0.123. The Labute approximate surface area is 129 Å². The molecule has 2 unspecified atom stereocenters. The lowest BCUT2D eigenvalue weighted by Crippen LogP contribution is -2.35. The highest BCUT2D eigenvalue weighted by atomic mass is 32.2. The fraction of sp³-hybridized carbons (Fsp3) is 0.235. The number of hydrogen-bond donors (Lipinski definition) is 2. The van der Waals surface area contributed by atoms with Gasteiger partial charge in [0.25, 0.3) is 0 Å². The molecule has 0 aliphatic heterocycles. The molecule has 2 atom stereocenters. The first-order chi connectivity index (χ1) is 10.1. The van der Waals surface area contributed by atoms with E-state index in [0.717, 1.165) is 11.1 Å². The molecule has 0 heterocycles. The molecule has 0 saturated heterocycles. The summed E-state index contributed by atoms with van der Waals surface area (Å²) in [5.41, 5.74) is 7.89. The summed E-state index contributed by atoms with van der Waals surface area (Å²) in [5.74, 6) is -0.164. The molecule has 3 nitrogen and oxygen atoms in total. The zero-order valence-electron chi connectivity index (χ0n) is 12.2. The lowest BCUT2D eigenvalue weighted by atomic mass is 10.1. The van der Waals surface area contributed by atoms with Gasteiger partial charge in [-0.05, 0) is 36.4 Å². The molecule has 0 fully saturated rings. The fourth-order valence-electron chi connectivity index (χ4n) is 2.09. The summed E-state index contributed by atoms with van der Waals surface area (Å²) < 4.78 is 0. The van der Waals surface area contributed by atoms with Crippen molar-refractivity contribution in [2.24, 2.45) is 5.73 Å². The minimum absolute atomic E-state index is 0.0665. The maximum Gasteiger partial charge on any atom is 0.241 e. The van der Waals surface area contributed by atoms with Crippen LogP contribution in [0.15, 0.2) is 59.5 Å². The molecule has 2 aromatic carbocycles. The number of thioether (sulfide) groups is 1. The molecule has 2 rings (SSSR count). The first-order valence-electron chi connectivity index (χ1n) is 6.86. The molecule has 0 aliphatic rings. The van der Waals surface area contributed by atoms with Gasteiger partial charge in [0.2, 0.25) is 5.91 Å². The third kappa shape index (κ3) is 4.09. The van der Waals surface area contributed by atoms with Crippen LogP contribution in [-0.4, -0.2) is 12.2 Å². The zero-order valence-corrected chi connectivity index (χ0v) is 13.1. The topological polar surface area (TPSA) is 55.1 Å². The molecule has 0 radical (unpaired) electrons. The number of benzene rings is 2. The van der Waals surface area contributed by atoms with Crippen LogP contribution in [0.5, 0.6) is 0 Å². The number of carbonyl (C=O) groups excluding carboxylic acids is 1. The Bertz CT molecular complexity index is 583. The van der Waals surface area contributed by atoms with E-state index >= 15 is 0 Å². The highest BCUT2D eigenvalue weighted by Crippen LogP contribution is 2.19. The molecule has 0 aliphatic carbocycles. The van der Waals surface area contributed by atoms with Crippen LogP contribution in [0.4, 0.5) is 0 Å². The van der Waals surface area contributed by atoms with Crippen molar-refractivity contribution in [3.8, 4) is 0 Å². The molecule has 0 saturated carbocycles. The normalized spacial score (nSPS) is 13.5. The minimum Gasteiger partial charge on any atom is -0.348 e. The SMILES string of the molecule is CSc1ccc(C(C)NC(=O)C(N)c2ccccc2)cc1. The molecule has 1 amide bonds. The van der Waals surface area contributed by atoms with E-state index < -0.39 is 6.04 Å². The van der Waals surface area contributed by atoms with E-state index in [-0.39, 0.29) is 11.9 Å². The van der Waals surface area contributed by atoms with Crippen molar-refractivity contribution in [2.75, 3.05) is 6.26 Å². The summed E-state index contributed by atoms with van der Waals surface area (Å²) >= 11 is 1.70. The van der Waals surface area contributed by atoms with E-state index in [1.54, 1.807) is 11.8 Å². The summed E-state index contributed by atoms with van der Waals surface area (Å²) in [7, 11) is 0. The predicted molar refractivity (Wildman–Crippen MR) is 88.2 cm³/mol.